The molecular weight excluding hydrogens is 412 g/mol. The standard InChI is InChI=1S/C24H26N2O4S/c1-19-7-5-11-22(17-19)25-31(29,30)23-12-6-10-21(18-23)24(28)26(15-16-27)14-13-20-8-3-2-4-9-20/h2-12,17-18,25,27H,13-16H2,1H3. The lowest BCUT2D eigenvalue weighted by atomic mass is 10.1. The van der Waals surface area contributed by atoms with Crippen LogP contribution in [-0.4, -0.2) is 44.0 Å². The van der Waals surface area contributed by atoms with Gasteiger partial charge in [-0.25, -0.2) is 8.42 Å². The fourth-order valence-electron chi connectivity index (χ4n) is 3.25. The molecule has 0 heterocycles. The summed E-state index contributed by atoms with van der Waals surface area (Å²) < 4.78 is 28.2. The van der Waals surface area contributed by atoms with Crippen LogP contribution in [0.25, 0.3) is 0 Å². The molecule has 3 rings (SSSR count). The van der Waals surface area contributed by atoms with Crippen LogP contribution in [0, 0.1) is 6.92 Å². The summed E-state index contributed by atoms with van der Waals surface area (Å²) in [4.78, 5) is 14.6. The van der Waals surface area contributed by atoms with Crippen LogP contribution in [0.2, 0.25) is 0 Å². The summed E-state index contributed by atoms with van der Waals surface area (Å²) in [5.74, 6) is -0.322. The van der Waals surface area contributed by atoms with Gasteiger partial charge < -0.3 is 10.0 Å². The average Bonchev–Trinajstić information content (AvgIpc) is 2.77. The summed E-state index contributed by atoms with van der Waals surface area (Å²) in [7, 11) is -3.85. The quantitative estimate of drug-likeness (QED) is 0.536. The Kier molecular flexibility index (Phi) is 7.44. The largest absolute Gasteiger partial charge is 0.395 e. The lowest BCUT2D eigenvalue weighted by molar-refractivity contribution is 0.0723. The number of benzene rings is 3. The highest BCUT2D eigenvalue weighted by molar-refractivity contribution is 7.92. The number of aliphatic hydroxyl groups is 1. The van der Waals surface area contributed by atoms with E-state index in [0.29, 0.717) is 18.7 Å². The zero-order valence-corrected chi connectivity index (χ0v) is 18.2. The van der Waals surface area contributed by atoms with Gasteiger partial charge in [0.1, 0.15) is 0 Å². The molecule has 1 amide bonds. The van der Waals surface area contributed by atoms with E-state index in [2.05, 4.69) is 4.72 Å². The summed E-state index contributed by atoms with van der Waals surface area (Å²) in [6.45, 7) is 2.29. The Labute approximate surface area is 183 Å². The molecule has 0 fully saturated rings. The number of aryl methyl sites for hydroxylation is 1. The van der Waals surface area contributed by atoms with E-state index >= 15 is 0 Å². The first-order valence-electron chi connectivity index (χ1n) is 10.0. The van der Waals surface area contributed by atoms with Crippen molar-refractivity contribution in [1.82, 2.24) is 4.90 Å². The number of nitrogens with zero attached hydrogens (tertiary/aromatic N) is 1. The number of aliphatic hydroxyl groups excluding tert-OH is 1. The van der Waals surface area contributed by atoms with Gasteiger partial charge in [0.15, 0.2) is 0 Å². The first-order chi connectivity index (χ1) is 14.9. The van der Waals surface area contributed by atoms with E-state index in [1.165, 1.54) is 17.0 Å². The number of hydrogen-bond acceptors (Lipinski definition) is 4. The van der Waals surface area contributed by atoms with Crippen molar-refractivity contribution >= 4 is 21.6 Å². The second kappa shape index (κ2) is 10.2. The second-order valence-electron chi connectivity index (χ2n) is 7.25. The second-order valence-corrected chi connectivity index (χ2v) is 8.94. The minimum Gasteiger partial charge on any atom is -0.395 e. The van der Waals surface area contributed by atoms with Crippen LogP contribution in [0.15, 0.2) is 83.8 Å². The van der Waals surface area contributed by atoms with E-state index in [-0.39, 0.29) is 29.5 Å². The van der Waals surface area contributed by atoms with Crippen LogP contribution in [0.3, 0.4) is 0 Å². The number of amides is 1. The van der Waals surface area contributed by atoms with E-state index < -0.39 is 10.0 Å². The Balaban J connectivity index is 1.78. The molecule has 0 unspecified atom stereocenters. The van der Waals surface area contributed by atoms with Crippen molar-refractivity contribution in [2.75, 3.05) is 24.4 Å². The third kappa shape index (κ3) is 6.16. The maximum Gasteiger partial charge on any atom is 0.261 e. The molecule has 0 saturated carbocycles. The predicted octanol–water partition coefficient (Wildman–Crippen LogP) is 3.47. The molecule has 0 spiro atoms. The van der Waals surface area contributed by atoms with Gasteiger partial charge in [-0.05, 0) is 54.8 Å². The van der Waals surface area contributed by atoms with Crippen LogP contribution in [-0.2, 0) is 16.4 Å². The number of carbonyl (C=O) groups is 1. The summed E-state index contributed by atoms with van der Waals surface area (Å²) in [5, 5.41) is 9.40. The third-order valence-electron chi connectivity index (χ3n) is 4.83. The van der Waals surface area contributed by atoms with Gasteiger partial charge in [-0.1, -0.05) is 48.5 Å². The molecule has 162 valence electrons. The number of rotatable bonds is 9. The summed E-state index contributed by atoms with van der Waals surface area (Å²) in [5.41, 5.74) is 2.73. The Morgan fingerprint density at radius 3 is 2.39 bits per heavy atom. The van der Waals surface area contributed by atoms with Crippen molar-refractivity contribution in [1.29, 1.82) is 0 Å². The first kappa shape index (κ1) is 22.5. The monoisotopic (exact) mass is 438 g/mol. The van der Waals surface area contributed by atoms with Crippen molar-refractivity contribution in [3.05, 3.63) is 95.6 Å². The zero-order valence-electron chi connectivity index (χ0n) is 17.4. The minimum absolute atomic E-state index is 0.00636. The lowest BCUT2D eigenvalue weighted by Crippen LogP contribution is -2.35. The molecule has 6 nitrogen and oxygen atoms in total. The van der Waals surface area contributed by atoms with Gasteiger partial charge >= 0.3 is 0 Å². The Hall–Kier alpha value is -3.16. The van der Waals surface area contributed by atoms with Gasteiger partial charge in [0, 0.05) is 24.3 Å². The number of nitrogens with one attached hydrogen (secondary N) is 1. The molecule has 0 bridgehead atoms. The molecule has 2 N–H and O–H groups in total. The number of sulfonamides is 1. The van der Waals surface area contributed by atoms with Crippen molar-refractivity contribution < 1.29 is 18.3 Å². The van der Waals surface area contributed by atoms with Crippen LogP contribution in [0.1, 0.15) is 21.5 Å². The van der Waals surface area contributed by atoms with Gasteiger partial charge in [-0.3, -0.25) is 9.52 Å². The smallest absolute Gasteiger partial charge is 0.261 e. The van der Waals surface area contributed by atoms with Crippen molar-refractivity contribution in [2.24, 2.45) is 0 Å². The van der Waals surface area contributed by atoms with Gasteiger partial charge in [0.25, 0.3) is 15.9 Å². The van der Waals surface area contributed by atoms with Crippen LogP contribution < -0.4 is 4.72 Å². The highest BCUT2D eigenvalue weighted by Crippen LogP contribution is 2.19. The van der Waals surface area contributed by atoms with Crippen LogP contribution in [0.4, 0.5) is 5.69 Å². The first-order valence-corrected chi connectivity index (χ1v) is 11.5. The maximum atomic E-state index is 13.0. The van der Waals surface area contributed by atoms with Crippen LogP contribution >= 0.6 is 0 Å². The molecule has 0 aliphatic heterocycles. The van der Waals surface area contributed by atoms with Gasteiger partial charge in [0.2, 0.25) is 0 Å². The molecule has 0 aromatic heterocycles. The Morgan fingerprint density at radius 2 is 1.68 bits per heavy atom. The average molecular weight is 439 g/mol. The predicted molar refractivity (Wildman–Crippen MR) is 122 cm³/mol. The summed E-state index contributed by atoms with van der Waals surface area (Å²) in [6, 6.07) is 22.8. The van der Waals surface area contributed by atoms with Gasteiger partial charge in [-0.2, -0.15) is 0 Å². The number of anilines is 1. The van der Waals surface area contributed by atoms with E-state index in [1.54, 1.807) is 30.3 Å². The number of hydrogen-bond donors (Lipinski definition) is 2. The van der Waals surface area contributed by atoms with Gasteiger partial charge in [0.05, 0.1) is 11.5 Å². The molecule has 3 aromatic carbocycles. The molecule has 31 heavy (non-hydrogen) atoms. The molecule has 0 aliphatic carbocycles. The maximum absolute atomic E-state index is 13.0. The fourth-order valence-corrected chi connectivity index (χ4v) is 4.34. The number of carbonyl (C=O) groups excluding carboxylic acids is 1. The van der Waals surface area contributed by atoms with Gasteiger partial charge in [-0.15, -0.1) is 0 Å². The summed E-state index contributed by atoms with van der Waals surface area (Å²) >= 11 is 0. The SMILES string of the molecule is Cc1cccc(NS(=O)(=O)c2cccc(C(=O)N(CCO)CCc3ccccc3)c2)c1. The van der Waals surface area contributed by atoms with Crippen molar-refractivity contribution in [3.63, 3.8) is 0 Å². The van der Waals surface area contributed by atoms with E-state index in [0.717, 1.165) is 11.1 Å². The van der Waals surface area contributed by atoms with Crippen molar-refractivity contribution in [2.45, 2.75) is 18.2 Å². The molecule has 0 atom stereocenters. The third-order valence-corrected chi connectivity index (χ3v) is 6.21. The van der Waals surface area contributed by atoms with Crippen molar-refractivity contribution in [3.8, 4) is 0 Å². The molecule has 0 aliphatic rings. The molecular formula is C24H26N2O4S. The zero-order chi connectivity index (χ0) is 22.3. The van der Waals surface area contributed by atoms with Crippen LogP contribution in [0.5, 0.6) is 0 Å². The van der Waals surface area contributed by atoms with E-state index in [9.17, 15) is 18.3 Å². The normalized spacial score (nSPS) is 11.2. The minimum atomic E-state index is -3.85. The Morgan fingerprint density at radius 1 is 0.935 bits per heavy atom. The van der Waals surface area contributed by atoms with E-state index in [1.807, 2.05) is 43.3 Å². The van der Waals surface area contributed by atoms with E-state index in [4.69, 9.17) is 0 Å². The highest BCUT2D eigenvalue weighted by atomic mass is 32.2. The molecule has 0 radical (unpaired) electrons. The molecule has 0 saturated heterocycles. The topological polar surface area (TPSA) is 86.7 Å². The molecule has 3 aromatic rings. The molecule has 7 heteroatoms. The lowest BCUT2D eigenvalue weighted by Gasteiger charge is -2.22. The summed E-state index contributed by atoms with van der Waals surface area (Å²) in [6.07, 6.45) is 0.638. The Bertz CT molecular complexity index is 1130. The highest BCUT2D eigenvalue weighted by Gasteiger charge is 2.20. The fraction of sp³-hybridized carbons (Fsp3) is 0.208.